The fourth-order valence-electron chi connectivity index (χ4n) is 4.53. The molecule has 0 saturated carbocycles. The number of aliphatic carboxylic acids is 1. The van der Waals surface area contributed by atoms with Crippen molar-refractivity contribution < 1.29 is 34.1 Å². The number of fused-ring (bicyclic) bond motifs is 1. The number of rotatable bonds is 8. The Morgan fingerprint density at radius 3 is 2.25 bits per heavy atom. The predicted octanol–water partition coefficient (Wildman–Crippen LogP) is 4.74. The van der Waals surface area contributed by atoms with Crippen LogP contribution < -0.4 is 25.2 Å². The Morgan fingerprint density at radius 2 is 1.55 bits per heavy atom. The summed E-state index contributed by atoms with van der Waals surface area (Å²) in [7, 11) is 1.47. The van der Waals surface area contributed by atoms with Gasteiger partial charge in [-0.25, -0.2) is 9.59 Å². The standard InChI is InChI=1S/C29H30N4O7/c1-18-5-3-4-6-21(18)30-28(37)31-22-10-7-20(16-25(22)40-2)17-26(34)32-13-14-33(29(38)39)24-15-19(8-11-23(24)32)9-12-27(35)36/h3-8,10-11,15-16H,9,12-14,17H2,1-2H3,(H,35,36)(H,38,39)(H2,30,31,37). The van der Waals surface area contributed by atoms with Gasteiger partial charge in [-0.3, -0.25) is 14.5 Å². The van der Waals surface area contributed by atoms with Crippen LogP contribution >= 0.6 is 0 Å². The third-order valence-corrected chi connectivity index (χ3v) is 6.59. The first-order valence-corrected chi connectivity index (χ1v) is 12.6. The van der Waals surface area contributed by atoms with Crippen LogP contribution in [0.5, 0.6) is 5.75 Å². The quantitative estimate of drug-likeness (QED) is 0.319. The topological polar surface area (TPSA) is 149 Å². The summed E-state index contributed by atoms with van der Waals surface area (Å²) in [4.78, 5) is 51.4. The van der Waals surface area contributed by atoms with Crippen LogP contribution in [0.4, 0.5) is 32.3 Å². The second kappa shape index (κ2) is 12.2. The largest absolute Gasteiger partial charge is 0.495 e. The first-order valence-electron chi connectivity index (χ1n) is 12.6. The summed E-state index contributed by atoms with van der Waals surface area (Å²) in [6, 6.07) is 17.0. The number of ether oxygens (including phenoxy) is 1. The third-order valence-electron chi connectivity index (χ3n) is 6.59. The van der Waals surface area contributed by atoms with Gasteiger partial charge in [0.2, 0.25) is 5.91 Å². The molecule has 40 heavy (non-hydrogen) atoms. The number of nitrogens with zero attached hydrogens (tertiary/aromatic N) is 2. The molecule has 4 rings (SSSR count). The van der Waals surface area contributed by atoms with Crippen molar-refractivity contribution in [3.05, 3.63) is 77.4 Å². The molecule has 1 aliphatic rings. The molecule has 1 aliphatic heterocycles. The number of hydrogen-bond donors (Lipinski definition) is 4. The Morgan fingerprint density at radius 1 is 0.850 bits per heavy atom. The van der Waals surface area contributed by atoms with E-state index in [9.17, 15) is 24.3 Å². The van der Waals surface area contributed by atoms with Gasteiger partial charge in [0.05, 0.1) is 30.6 Å². The Bertz CT molecular complexity index is 1460. The Hall–Kier alpha value is -5.06. The molecule has 0 aliphatic carbocycles. The number of para-hydroxylation sites is 1. The molecule has 3 aromatic rings. The van der Waals surface area contributed by atoms with Gasteiger partial charge < -0.3 is 30.5 Å². The molecule has 0 bridgehead atoms. The van der Waals surface area contributed by atoms with Crippen LogP contribution in [0.15, 0.2) is 60.7 Å². The molecule has 4 N–H and O–H groups in total. The summed E-state index contributed by atoms with van der Waals surface area (Å²) in [5.74, 6) is -0.817. The van der Waals surface area contributed by atoms with Gasteiger partial charge in [0.25, 0.3) is 0 Å². The predicted molar refractivity (Wildman–Crippen MR) is 151 cm³/mol. The summed E-state index contributed by atoms with van der Waals surface area (Å²) >= 11 is 0. The average molecular weight is 547 g/mol. The minimum Gasteiger partial charge on any atom is -0.495 e. The molecule has 0 fully saturated rings. The van der Waals surface area contributed by atoms with Crippen molar-refractivity contribution >= 4 is 46.8 Å². The molecule has 0 unspecified atom stereocenters. The van der Waals surface area contributed by atoms with E-state index in [-0.39, 0.29) is 38.3 Å². The Labute approximate surface area is 231 Å². The van der Waals surface area contributed by atoms with E-state index in [1.807, 2.05) is 25.1 Å². The number of benzene rings is 3. The number of amides is 4. The number of methoxy groups -OCH3 is 1. The van der Waals surface area contributed by atoms with E-state index in [1.165, 1.54) is 12.0 Å². The van der Waals surface area contributed by atoms with Crippen molar-refractivity contribution in [2.24, 2.45) is 0 Å². The van der Waals surface area contributed by atoms with Gasteiger partial charge in [-0.2, -0.15) is 0 Å². The van der Waals surface area contributed by atoms with Crippen LogP contribution in [0.3, 0.4) is 0 Å². The zero-order valence-electron chi connectivity index (χ0n) is 22.1. The molecule has 0 spiro atoms. The number of carboxylic acids is 1. The van der Waals surface area contributed by atoms with Crippen LogP contribution in [0.25, 0.3) is 0 Å². The highest BCUT2D eigenvalue weighted by Crippen LogP contribution is 2.35. The second-order valence-corrected chi connectivity index (χ2v) is 9.30. The molecule has 0 atom stereocenters. The number of urea groups is 1. The van der Waals surface area contributed by atoms with Crippen molar-refractivity contribution in [2.75, 3.05) is 40.6 Å². The van der Waals surface area contributed by atoms with Crippen molar-refractivity contribution in [1.29, 1.82) is 0 Å². The number of carbonyl (C=O) groups excluding carboxylic acids is 2. The number of nitrogens with one attached hydrogen (secondary N) is 2. The molecule has 0 saturated heterocycles. The molecular weight excluding hydrogens is 516 g/mol. The van der Waals surface area contributed by atoms with E-state index in [1.54, 1.807) is 42.5 Å². The van der Waals surface area contributed by atoms with Crippen LogP contribution in [0.1, 0.15) is 23.1 Å². The Kier molecular flexibility index (Phi) is 8.53. The smallest absolute Gasteiger partial charge is 0.411 e. The fourth-order valence-corrected chi connectivity index (χ4v) is 4.53. The van der Waals surface area contributed by atoms with E-state index < -0.39 is 18.1 Å². The van der Waals surface area contributed by atoms with Gasteiger partial charge in [-0.15, -0.1) is 0 Å². The highest BCUT2D eigenvalue weighted by Gasteiger charge is 2.30. The lowest BCUT2D eigenvalue weighted by atomic mass is 10.0. The number of aryl methyl sites for hydroxylation is 2. The minimum atomic E-state index is -1.15. The number of anilines is 4. The van der Waals surface area contributed by atoms with Crippen LogP contribution in [0, 0.1) is 6.92 Å². The highest BCUT2D eigenvalue weighted by molar-refractivity contribution is 6.03. The zero-order chi connectivity index (χ0) is 28.8. The van der Waals surface area contributed by atoms with E-state index >= 15 is 0 Å². The maximum atomic E-state index is 13.4. The maximum absolute atomic E-state index is 13.4. The van der Waals surface area contributed by atoms with E-state index in [0.717, 1.165) is 10.5 Å². The molecule has 3 aromatic carbocycles. The molecule has 11 nitrogen and oxygen atoms in total. The lowest BCUT2D eigenvalue weighted by Gasteiger charge is -2.35. The number of carboxylic acid groups (broad SMARTS) is 2. The van der Waals surface area contributed by atoms with Gasteiger partial charge in [-0.05, 0) is 60.4 Å². The van der Waals surface area contributed by atoms with Gasteiger partial charge in [0.15, 0.2) is 0 Å². The van der Waals surface area contributed by atoms with E-state index in [2.05, 4.69) is 10.6 Å². The lowest BCUT2D eigenvalue weighted by molar-refractivity contribution is -0.137. The lowest BCUT2D eigenvalue weighted by Crippen LogP contribution is -2.46. The minimum absolute atomic E-state index is 0.0132. The first-order chi connectivity index (χ1) is 19.2. The summed E-state index contributed by atoms with van der Waals surface area (Å²) in [6.07, 6.45) is -0.982. The average Bonchev–Trinajstić information content (AvgIpc) is 2.93. The zero-order valence-corrected chi connectivity index (χ0v) is 22.1. The Balaban J connectivity index is 1.49. The van der Waals surface area contributed by atoms with Gasteiger partial charge in [-0.1, -0.05) is 30.3 Å². The highest BCUT2D eigenvalue weighted by atomic mass is 16.5. The van der Waals surface area contributed by atoms with Gasteiger partial charge in [0.1, 0.15) is 5.75 Å². The normalized spacial score (nSPS) is 12.3. The first kappa shape index (κ1) is 28.0. The van der Waals surface area contributed by atoms with E-state index in [4.69, 9.17) is 9.84 Å². The maximum Gasteiger partial charge on any atom is 0.411 e. The summed E-state index contributed by atoms with van der Waals surface area (Å²) in [5.41, 5.74) is 4.12. The summed E-state index contributed by atoms with van der Waals surface area (Å²) in [6.45, 7) is 2.14. The molecule has 11 heteroatoms. The van der Waals surface area contributed by atoms with Crippen molar-refractivity contribution in [3.8, 4) is 5.75 Å². The molecular formula is C29H30N4O7. The van der Waals surface area contributed by atoms with E-state index in [0.29, 0.717) is 39.6 Å². The van der Waals surface area contributed by atoms with Crippen LogP contribution in [0.2, 0.25) is 0 Å². The number of hydrogen-bond acceptors (Lipinski definition) is 5. The monoisotopic (exact) mass is 546 g/mol. The fraction of sp³-hybridized carbons (Fsp3) is 0.241. The summed E-state index contributed by atoms with van der Waals surface area (Å²) < 4.78 is 5.46. The SMILES string of the molecule is COc1cc(CC(=O)N2CCN(C(=O)O)c3cc(CCC(=O)O)ccc32)ccc1NC(=O)Nc1ccccc1C. The number of carbonyl (C=O) groups is 4. The molecule has 0 radical (unpaired) electrons. The van der Waals surface area contributed by atoms with Crippen LogP contribution in [-0.2, 0) is 22.4 Å². The molecule has 1 heterocycles. The third kappa shape index (κ3) is 6.49. The van der Waals surface area contributed by atoms with Crippen molar-refractivity contribution in [1.82, 2.24) is 0 Å². The van der Waals surface area contributed by atoms with Crippen molar-refractivity contribution in [3.63, 3.8) is 0 Å². The molecule has 0 aromatic heterocycles. The van der Waals surface area contributed by atoms with Crippen LogP contribution in [-0.4, -0.2) is 54.4 Å². The van der Waals surface area contributed by atoms with Gasteiger partial charge >= 0.3 is 18.1 Å². The van der Waals surface area contributed by atoms with Gasteiger partial charge in [0, 0.05) is 25.2 Å². The summed E-state index contributed by atoms with van der Waals surface area (Å²) in [5, 5.41) is 24.2. The van der Waals surface area contributed by atoms with Crippen molar-refractivity contribution in [2.45, 2.75) is 26.2 Å². The second-order valence-electron chi connectivity index (χ2n) is 9.30. The molecule has 208 valence electrons. The molecule has 4 amide bonds.